The van der Waals surface area contributed by atoms with Crippen molar-refractivity contribution in [1.82, 2.24) is 0 Å². The van der Waals surface area contributed by atoms with Gasteiger partial charge in [0.05, 0.1) is 12.0 Å². The maximum Gasteiger partial charge on any atom is 0.157 e. The van der Waals surface area contributed by atoms with Gasteiger partial charge in [-0.15, -0.1) is 0 Å². The quantitative estimate of drug-likeness (QED) is 0.159. The van der Waals surface area contributed by atoms with Gasteiger partial charge in [0.2, 0.25) is 0 Å². The van der Waals surface area contributed by atoms with Crippen LogP contribution in [0, 0.1) is 0 Å². The highest BCUT2D eigenvalue weighted by Crippen LogP contribution is 2.56. The predicted molar refractivity (Wildman–Crippen MR) is 143 cm³/mol. The van der Waals surface area contributed by atoms with Crippen LogP contribution in [0.15, 0.2) is 54.6 Å². The number of phenolic OH excluding ortho intramolecular Hbond substituents is 8. The standard InChI is InChI=1S/C30H26O12/c31-13-7-19(36)24-23(8-13)42-30(12-2-4-16(33)18(35)6-12)28(40)26(24)25-20(37)10-22-14(27(25)39)9-21(38)29(41-22)11-1-3-15(32)17(34)5-11/h1-8,10,21,26,28-40H,9H2/t21-,26-,28-,29-,30-/m0/s1. The van der Waals surface area contributed by atoms with E-state index >= 15 is 0 Å². The third-order valence-electron chi connectivity index (χ3n) is 7.69. The van der Waals surface area contributed by atoms with Crippen molar-refractivity contribution < 1.29 is 60.5 Å². The molecule has 0 aromatic heterocycles. The molecule has 2 heterocycles. The minimum atomic E-state index is -1.60. The first-order chi connectivity index (χ1) is 19.9. The van der Waals surface area contributed by atoms with Gasteiger partial charge in [0.1, 0.15) is 46.7 Å². The fourth-order valence-electron chi connectivity index (χ4n) is 5.70. The van der Waals surface area contributed by atoms with E-state index in [1.165, 1.54) is 42.5 Å². The highest BCUT2D eigenvalue weighted by atomic mass is 16.5. The molecule has 2 aliphatic rings. The van der Waals surface area contributed by atoms with E-state index in [0.717, 1.165) is 12.1 Å². The van der Waals surface area contributed by atoms with Gasteiger partial charge in [-0.2, -0.15) is 0 Å². The summed E-state index contributed by atoms with van der Waals surface area (Å²) in [6, 6.07) is 11.0. The summed E-state index contributed by atoms with van der Waals surface area (Å²) in [6.07, 6.45) is -5.31. The van der Waals surface area contributed by atoms with Crippen molar-refractivity contribution in [2.45, 2.75) is 36.8 Å². The molecule has 0 saturated carbocycles. The summed E-state index contributed by atoms with van der Waals surface area (Å²) in [6.45, 7) is 0. The molecule has 0 saturated heterocycles. The zero-order valence-electron chi connectivity index (χ0n) is 21.6. The Hall–Kier alpha value is -5.20. The number of hydrogen-bond donors (Lipinski definition) is 10. The molecular formula is C30H26O12. The Balaban J connectivity index is 1.47. The van der Waals surface area contributed by atoms with E-state index in [-0.39, 0.29) is 51.7 Å². The van der Waals surface area contributed by atoms with Crippen LogP contribution in [-0.4, -0.2) is 63.3 Å². The van der Waals surface area contributed by atoms with Crippen LogP contribution in [-0.2, 0) is 6.42 Å². The predicted octanol–water partition coefficient (Wildman–Crippen LogP) is 3.00. The van der Waals surface area contributed by atoms with Crippen molar-refractivity contribution in [1.29, 1.82) is 0 Å². The maximum absolute atomic E-state index is 11.6. The Kier molecular flexibility index (Phi) is 6.24. The van der Waals surface area contributed by atoms with E-state index in [9.17, 15) is 51.1 Å². The number of aliphatic hydroxyl groups excluding tert-OH is 2. The van der Waals surface area contributed by atoms with Crippen LogP contribution >= 0.6 is 0 Å². The third-order valence-corrected chi connectivity index (χ3v) is 7.69. The Morgan fingerprint density at radius 3 is 1.74 bits per heavy atom. The molecule has 0 aliphatic carbocycles. The van der Waals surface area contributed by atoms with Crippen molar-refractivity contribution in [3.05, 3.63) is 82.4 Å². The van der Waals surface area contributed by atoms with Crippen LogP contribution in [0.5, 0.6) is 57.5 Å². The number of ether oxygens (including phenoxy) is 2. The minimum absolute atomic E-state index is 0.00771. The van der Waals surface area contributed by atoms with E-state index in [0.29, 0.717) is 5.56 Å². The molecule has 0 bridgehead atoms. The number of benzene rings is 4. The number of phenols is 8. The van der Waals surface area contributed by atoms with Gasteiger partial charge in [0.25, 0.3) is 0 Å². The molecular weight excluding hydrogens is 552 g/mol. The smallest absolute Gasteiger partial charge is 0.157 e. The van der Waals surface area contributed by atoms with E-state index in [4.69, 9.17) is 9.47 Å². The van der Waals surface area contributed by atoms with Crippen LogP contribution in [0.3, 0.4) is 0 Å². The lowest BCUT2D eigenvalue weighted by molar-refractivity contribution is 0.00573. The molecule has 0 fully saturated rings. The van der Waals surface area contributed by atoms with Crippen molar-refractivity contribution in [3.63, 3.8) is 0 Å². The minimum Gasteiger partial charge on any atom is -0.508 e. The average Bonchev–Trinajstić information content (AvgIpc) is 2.93. The van der Waals surface area contributed by atoms with Gasteiger partial charge in [-0.25, -0.2) is 0 Å². The van der Waals surface area contributed by atoms with Crippen LogP contribution < -0.4 is 9.47 Å². The lowest BCUT2D eigenvalue weighted by Crippen LogP contribution is -2.35. The molecule has 12 heteroatoms. The molecule has 0 spiro atoms. The molecule has 4 aromatic carbocycles. The lowest BCUT2D eigenvalue weighted by atomic mass is 9.77. The molecule has 4 aromatic rings. The largest absolute Gasteiger partial charge is 0.508 e. The van der Waals surface area contributed by atoms with Crippen LogP contribution in [0.25, 0.3) is 0 Å². The van der Waals surface area contributed by atoms with Crippen LogP contribution in [0.1, 0.15) is 45.9 Å². The van der Waals surface area contributed by atoms with Crippen LogP contribution in [0.2, 0.25) is 0 Å². The molecule has 2 aliphatic heterocycles. The average molecular weight is 579 g/mol. The number of hydrogen-bond acceptors (Lipinski definition) is 12. The van der Waals surface area contributed by atoms with Crippen molar-refractivity contribution in [2.24, 2.45) is 0 Å². The first-order valence-electron chi connectivity index (χ1n) is 12.8. The Morgan fingerprint density at radius 2 is 1.12 bits per heavy atom. The Bertz CT molecular complexity index is 1720. The first kappa shape index (κ1) is 27.0. The summed E-state index contributed by atoms with van der Waals surface area (Å²) in [7, 11) is 0. The molecule has 0 unspecified atom stereocenters. The number of aromatic hydroxyl groups is 8. The van der Waals surface area contributed by atoms with Crippen molar-refractivity contribution >= 4 is 0 Å². The maximum atomic E-state index is 11.6. The topological polar surface area (TPSA) is 221 Å². The first-order valence-corrected chi connectivity index (χ1v) is 12.8. The van der Waals surface area contributed by atoms with Gasteiger partial charge < -0.3 is 60.5 Å². The normalized spacial score (nSPS) is 22.9. The fraction of sp³-hybridized carbons (Fsp3) is 0.200. The summed E-state index contributed by atoms with van der Waals surface area (Å²) in [5, 5.41) is 105. The summed E-state index contributed by atoms with van der Waals surface area (Å²) < 4.78 is 11.8. The van der Waals surface area contributed by atoms with Gasteiger partial charge in [-0.1, -0.05) is 12.1 Å². The van der Waals surface area contributed by atoms with E-state index in [1.807, 2.05) is 0 Å². The van der Waals surface area contributed by atoms with E-state index in [1.54, 1.807) is 0 Å². The molecule has 42 heavy (non-hydrogen) atoms. The zero-order valence-corrected chi connectivity index (χ0v) is 21.6. The molecule has 0 radical (unpaired) electrons. The van der Waals surface area contributed by atoms with Crippen molar-refractivity contribution in [2.75, 3.05) is 0 Å². The molecule has 12 nitrogen and oxygen atoms in total. The Morgan fingerprint density at radius 1 is 0.548 bits per heavy atom. The summed E-state index contributed by atoms with van der Waals surface area (Å²) in [5.74, 6) is -5.07. The second-order valence-corrected chi connectivity index (χ2v) is 10.3. The number of fused-ring (bicyclic) bond motifs is 2. The van der Waals surface area contributed by atoms with Gasteiger partial charge >= 0.3 is 0 Å². The molecule has 0 amide bonds. The van der Waals surface area contributed by atoms with Crippen molar-refractivity contribution in [3.8, 4) is 57.5 Å². The lowest BCUT2D eigenvalue weighted by Gasteiger charge is -2.39. The van der Waals surface area contributed by atoms with E-state index < -0.39 is 64.8 Å². The monoisotopic (exact) mass is 578 g/mol. The van der Waals surface area contributed by atoms with E-state index in [2.05, 4.69) is 0 Å². The molecule has 5 atom stereocenters. The SMILES string of the molecule is Oc1cc(O)c2c(c1)O[C@@H](c1ccc(O)c(O)c1)[C@@H](O)[C@@H]2c1c(O)cc2c(c1O)C[C@H](O)[C@H](c1ccc(O)c(O)c1)O2. The summed E-state index contributed by atoms with van der Waals surface area (Å²) in [4.78, 5) is 0. The number of rotatable bonds is 3. The van der Waals surface area contributed by atoms with Gasteiger partial charge in [0, 0.05) is 41.3 Å². The van der Waals surface area contributed by atoms with Gasteiger partial charge in [-0.05, 0) is 35.4 Å². The van der Waals surface area contributed by atoms with Gasteiger partial charge in [0.15, 0.2) is 29.1 Å². The van der Waals surface area contributed by atoms with Gasteiger partial charge in [-0.3, -0.25) is 0 Å². The third kappa shape index (κ3) is 4.24. The fourth-order valence-corrected chi connectivity index (χ4v) is 5.70. The zero-order chi connectivity index (χ0) is 30.0. The highest BCUT2D eigenvalue weighted by molar-refractivity contribution is 5.65. The second kappa shape index (κ2) is 9.72. The number of aliphatic hydroxyl groups is 2. The van der Waals surface area contributed by atoms with Crippen LogP contribution in [0.4, 0.5) is 0 Å². The molecule has 6 rings (SSSR count). The molecule has 218 valence electrons. The Labute approximate surface area is 237 Å². The molecule has 10 N–H and O–H groups in total. The highest BCUT2D eigenvalue weighted by Gasteiger charge is 2.45. The second-order valence-electron chi connectivity index (χ2n) is 10.3. The summed E-state index contributed by atoms with van der Waals surface area (Å²) in [5.41, 5.74) is 0.333. The summed E-state index contributed by atoms with van der Waals surface area (Å²) >= 11 is 0.